The van der Waals surface area contributed by atoms with Gasteiger partial charge in [0.15, 0.2) is 0 Å². The number of benzene rings is 2. The highest BCUT2D eigenvalue weighted by Crippen LogP contribution is 2.33. The van der Waals surface area contributed by atoms with Gasteiger partial charge >= 0.3 is 0 Å². The van der Waals surface area contributed by atoms with E-state index in [9.17, 15) is 8.42 Å². The number of rotatable bonds is 3. The van der Waals surface area contributed by atoms with Gasteiger partial charge in [-0.15, -0.1) is 0 Å². The van der Waals surface area contributed by atoms with Crippen LogP contribution in [0.5, 0.6) is 0 Å². The van der Waals surface area contributed by atoms with E-state index in [2.05, 4.69) is 42.9 Å². The molecule has 4 nitrogen and oxygen atoms in total. The molecule has 0 bridgehead atoms. The number of sulfone groups is 1. The highest BCUT2D eigenvalue weighted by Gasteiger charge is 2.24. The van der Waals surface area contributed by atoms with Crippen molar-refractivity contribution in [2.24, 2.45) is 0 Å². The third-order valence-corrected chi connectivity index (χ3v) is 5.88. The largest absolute Gasteiger partial charge is 0.335 e. The summed E-state index contributed by atoms with van der Waals surface area (Å²) in [7, 11) is -3.70. The summed E-state index contributed by atoms with van der Waals surface area (Å²) in [5.41, 5.74) is 3.83. The number of H-pyrrole nitrogens is 1. The highest BCUT2D eigenvalue weighted by molar-refractivity contribution is 7.91. The minimum atomic E-state index is -3.70. The molecule has 0 spiro atoms. The van der Waals surface area contributed by atoms with Crippen LogP contribution in [0.25, 0.3) is 11.1 Å². The Morgan fingerprint density at radius 3 is 2.24 bits per heavy atom. The number of hydrogen-bond donors (Lipinski definition) is 1. The van der Waals surface area contributed by atoms with E-state index in [1.807, 2.05) is 31.2 Å². The molecular weight excluding hydrogens is 332 g/mol. The summed E-state index contributed by atoms with van der Waals surface area (Å²) in [6, 6.07) is 13.4. The van der Waals surface area contributed by atoms with Crippen LogP contribution in [0.1, 0.15) is 31.9 Å². The fourth-order valence-corrected chi connectivity index (χ4v) is 4.10. The van der Waals surface area contributed by atoms with Gasteiger partial charge in [0.25, 0.3) is 0 Å². The Kier molecular flexibility index (Phi) is 4.29. The van der Waals surface area contributed by atoms with Crippen LogP contribution >= 0.6 is 0 Å². The minimum Gasteiger partial charge on any atom is -0.335 e. The molecule has 0 fully saturated rings. The lowest BCUT2D eigenvalue weighted by molar-refractivity contribution is 0.588. The summed E-state index contributed by atoms with van der Waals surface area (Å²) in [5.74, 6) is 0. The van der Waals surface area contributed by atoms with Crippen LogP contribution in [0.2, 0.25) is 0 Å². The Morgan fingerprint density at radius 2 is 1.68 bits per heavy atom. The number of nitrogens with zero attached hydrogens (tertiary/aromatic N) is 1. The Balaban J connectivity index is 2.16. The molecule has 2 aromatic carbocycles. The van der Waals surface area contributed by atoms with Gasteiger partial charge in [-0.2, -0.15) is 0 Å². The molecule has 0 saturated heterocycles. The van der Waals surface area contributed by atoms with E-state index in [0.29, 0.717) is 5.56 Å². The van der Waals surface area contributed by atoms with Gasteiger partial charge in [-0.05, 0) is 29.5 Å². The monoisotopic (exact) mass is 354 g/mol. The average molecular weight is 354 g/mol. The Hall–Kier alpha value is -2.40. The molecule has 0 radical (unpaired) electrons. The van der Waals surface area contributed by atoms with E-state index < -0.39 is 9.84 Å². The molecule has 1 N–H and O–H groups in total. The van der Waals surface area contributed by atoms with Gasteiger partial charge in [0.05, 0.1) is 4.90 Å². The van der Waals surface area contributed by atoms with Crippen molar-refractivity contribution in [2.45, 2.75) is 43.2 Å². The topological polar surface area (TPSA) is 62.8 Å². The molecule has 0 saturated carbocycles. The van der Waals surface area contributed by atoms with Crippen molar-refractivity contribution in [3.63, 3.8) is 0 Å². The maximum atomic E-state index is 12.9. The molecule has 25 heavy (non-hydrogen) atoms. The van der Waals surface area contributed by atoms with Crippen LogP contribution in [0.4, 0.5) is 0 Å². The predicted molar refractivity (Wildman–Crippen MR) is 99.4 cm³/mol. The van der Waals surface area contributed by atoms with Crippen LogP contribution in [0.3, 0.4) is 0 Å². The van der Waals surface area contributed by atoms with Crippen molar-refractivity contribution < 1.29 is 8.42 Å². The van der Waals surface area contributed by atoms with Crippen LogP contribution < -0.4 is 0 Å². The summed E-state index contributed by atoms with van der Waals surface area (Å²) in [4.78, 5) is 6.88. The average Bonchev–Trinajstić information content (AvgIpc) is 3.09. The first-order valence-corrected chi connectivity index (χ1v) is 9.64. The fraction of sp³-hybridized carbons (Fsp3) is 0.250. The van der Waals surface area contributed by atoms with Crippen LogP contribution in [-0.4, -0.2) is 18.4 Å². The Bertz CT molecular complexity index is 981. The van der Waals surface area contributed by atoms with E-state index in [4.69, 9.17) is 0 Å². The standard InChI is InChI=1S/C20H22N2O2S/c1-14-5-10-18(25(23,24)19-21-11-12-22-19)17(13-14)15-6-8-16(9-7-15)20(2,3)4/h5-13H,1-4H3,(H,21,22). The molecular formula is C20H22N2O2S. The molecule has 3 rings (SSSR count). The van der Waals surface area contributed by atoms with E-state index in [0.717, 1.165) is 11.1 Å². The molecule has 0 unspecified atom stereocenters. The third kappa shape index (κ3) is 3.37. The first-order chi connectivity index (χ1) is 11.7. The molecule has 1 heterocycles. The summed E-state index contributed by atoms with van der Waals surface area (Å²) in [5, 5.41) is -0.0380. The molecule has 0 amide bonds. The molecule has 5 heteroatoms. The van der Waals surface area contributed by atoms with E-state index in [1.54, 1.807) is 6.07 Å². The van der Waals surface area contributed by atoms with Crippen LogP contribution in [-0.2, 0) is 15.3 Å². The minimum absolute atomic E-state index is 0.0380. The lowest BCUT2D eigenvalue weighted by atomic mass is 9.86. The van der Waals surface area contributed by atoms with Gasteiger partial charge in [0, 0.05) is 18.0 Å². The zero-order valence-electron chi connectivity index (χ0n) is 14.9. The summed E-state index contributed by atoms with van der Waals surface area (Å²) >= 11 is 0. The van der Waals surface area contributed by atoms with E-state index in [1.165, 1.54) is 18.0 Å². The number of aryl methyl sites for hydroxylation is 1. The molecule has 130 valence electrons. The molecule has 3 aromatic rings. The molecule has 0 atom stereocenters. The van der Waals surface area contributed by atoms with Crippen molar-refractivity contribution in [1.29, 1.82) is 0 Å². The summed E-state index contributed by atoms with van der Waals surface area (Å²) < 4.78 is 25.9. The van der Waals surface area contributed by atoms with Crippen molar-refractivity contribution in [1.82, 2.24) is 9.97 Å². The van der Waals surface area contributed by atoms with E-state index in [-0.39, 0.29) is 15.5 Å². The van der Waals surface area contributed by atoms with Crippen LogP contribution in [0.15, 0.2) is 64.9 Å². The number of aromatic amines is 1. The zero-order valence-corrected chi connectivity index (χ0v) is 15.7. The molecule has 1 aromatic heterocycles. The van der Waals surface area contributed by atoms with Crippen molar-refractivity contribution in [2.75, 3.05) is 0 Å². The van der Waals surface area contributed by atoms with Crippen molar-refractivity contribution in [3.8, 4) is 11.1 Å². The molecule has 0 aliphatic heterocycles. The van der Waals surface area contributed by atoms with E-state index >= 15 is 0 Å². The maximum Gasteiger partial charge on any atom is 0.240 e. The number of hydrogen-bond acceptors (Lipinski definition) is 3. The highest BCUT2D eigenvalue weighted by atomic mass is 32.2. The second kappa shape index (κ2) is 6.15. The Morgan fingerprint density at radius 1 is 1.00 bits per heavy atom. The number of imidazole rings is 1. The van der Waals surface area contributed by atoms with Gasteiger partial charge in [0.2, 0.25) is 15.0 Å². The van der Waals surface area contributed by atoms with Gasteiger partial charge in [-0.3, -0.25) is 0 Å². The maximum absolute atomic E-state index is 12.9. The quantitative estimate of drug-likeness (QED) is 0.752. The number of aromatic nitrogens is 2. The second-order valence-electron chi connectivity index (χ2n) is 7.22. The zero-order chi connectivity index (χ0) is 18.2. The molecule has 0 aliphatic carbocycles. The summed E-state index contributed by atoms with van der Waals surface area (Å²) in [6.07, 6.45) is 2.96. The van der Waals surface area contributed by atoms with Gasteiger partial charge in [0.1, 0.15) is 0 Å². The van der Waals surface area contributed by atoms with Gasteiger partial charge in [-0.1, -0.05) is 62.7 Å². The Labute approximate surface area is 148 Å². The van der Waals surface area contributed by atoms with Gasteiger partial charge in [-0.25, -0.2) is 13.4 Å². The first kappa shape index (κ1) is 17.4. The second-order valence-corrected chi connectivity index (χ2v) is 9.06. The SMILES string of the molecule is Cc1ccc(S(=O)(=O)c2ncc[nH]2)c(-c2ccc(C(C)(C)C)cc2)c1. The van der Waals surface area contributed by atoms with Crippen molar-refractivity contribution in [3.05, 3.63) is 66.0 Å². The summed E-state index contributed by atoms with van der Waals surface area (Å²) in [6.45, 7) is 8.42. The number of nitrogens with one attached hydrogen (secondary N) is 1. The third-order valence-electron chi connectivity index (χ3n) is 4.21. The predicted octanol–water partition coefficient (Wildman–Crippen LogP) is 4.52. The smallest absolute Gasteiger partial charge is 0.240 e. The first-order valence-electron chi connectivity index (χ1n) is 8.15. The van der Waals surface area contributed by atoms with Crippen molar-refractivity contribution >= 4 is 9.84 Å². The molecule has 0 aliphatic rings. The normalized spacial score (nSPS) is 12.3. The lowest BCUT2D eigenvalue weighted by Gasteiger charge is -2.19. The van der Waals surface area contributed by atoms with Crippen LogP contribution in [0, 0.1) is 6.92 Å². The lowest BCUT2D eigenvalue weighted by Crippen LogP contribution is -2.10. The van der Waals surface area contributed by atoms with Gasteiger partial charge < -0.3 is 4.98 Å². The fourth-order valence-electron chi connectivity index (χ4n) is 2.76.